The third-order valence-electron chi connectivity index (χ3n) is 8.51. The molecule has 4 heterocycles. The molecule has 3 N–H and O–H groups in total. The first-order valence-corrected chi connectivity index (χ1v) is 16.0. The van der Waals surface area contributed by atoms with Crippen molar-refractivity contribution in [1.29, 1.82) is 0 Å². The average molecular weight is 655 g/mol. The molecule has 2 aromatic carbocycles. The van der Waals surface area contributed by atoms with E-state index >= 15 is 0 Å². The van der Waals surface area contributed by atoms with Crippen LogP contribution in [0.5, 0.6) is 5.88 Å². The SMILES string of the molecule is CC(=O)c1cc(C#CC(C)(C)O)c2nc(CN3CCN(c4cccc(OCc5ccc(C(N)=O)cc5F)n4)CC3)n(C[C@@H]3CCO3)c2c1. The number of nitrogens with two attached hydrogens (primary N) is 1. The number of fused-ring (bicyclic) bond motifs is 1. The Bertz CT molecular complexity index is 1910. The van der Waals surface area contributed by atoms with Crippen LogP contribution < -0.4 is 15.4 Å². The lowest BCUT2D eigenvalue weighted by molar-refractivity contribution is -0.0592. The van der Waals surface area contributed by atoms with E-state index in [0.717, 1.165) is 62.4 Å². The number of amides is 1. The molecule has 0 radical (unpaired) electrons. The number of ketones is 1. The standard InChI is InChI=1S/C36H39FN6O5/c1-23(44)27-17-24(9-11-36(2,3)46)34-30(19-27)43(20-28-10-16-47-28)32(40-34)21-41-12-14-42(15-13-41)31-5-4-6-33(39-31)48-22-26-8-7-25(35(38)45)18-29(26)37/h4-8,17-19,28,46H,10,12-16,20-22H2,1-3H3,(H2,38,45)/t28-/m0/s1. The lowest BCUT2D eigenvalue weighted by Gasteiger charge is -2.35. The summed E-state index contributed by atoms with van der Waals surface area (Å²) >= 11 is 0. The Morgan fingerprint density at radius 2 is 1.88 bits per heavy atom. The molecule has 0 saturated carbocycles. The van der Waals surface area contributed by atoms with Gasteiger partial charge in [0.1, 0.15) is 35.2 Å². The third kappa shape index (κ3) is 7.65. The van der Waals surface area contributed by atoms with E-state index in [-0.39, 0.29) is 24.1 Å². The van der Waals surface area contributed by atoms with Gasteiger partial charge in [-0.3, -0.25) is 14.5 Å². The topological polar surface area (TPSA) is 136 Å². The van der Waals surface area contributed by atoms with Crippen LogP contribution >= 0.6 is 0 Å². The number of piperazine rings is 1. The van der Waals surface area contributed by atoms with E-state index in [1.807, 2.05) is 18.2 Å². The molecule has 11 nitrogen and oxygen atoms in total. The highest BCUT2D eigenvalue weighted by Gasteiger charge is 2.26. The Hall–Kier alpha value is -4.83. The maximum atomic E-state index is 14.4. The zero-order chi connectivity index (χ0) is 34.0. The van der Waals surface area contributed by atoms with Gasteiger partial charge in [0.05, 0.1) is 30.3 Å². The molecule has 0 bridgehead atoms. The maximum absolute atomic E-state index is 14.4. The molecule has 1 amide bonds. The van der Waals surface area contributed by atoms with Gasteiger partial charge in [-0.2, -0.15) is 4.98 Å². The Morgan fingerprint density at radius 3 is 2.52 bits per heavy atom. The number of imidazole rings is 1. The number of Topliss-reactive ketones (excluding diaryl/α,β-unsaturated/α-hetero) is 1. The van der Waals surface area contributed by atoms with Crippen molar-refractivity contribution in [2.45, 2.75) is 58.6 Å². The summed E-state index contributed by atoms with van der Waals surface area (Å²) < 4.78 is 28.2. The van der Waals surface area contributed by atoms with E-state index in [4.69, 9.17) is 20.2 Å². The Labute approximate surface area is 278 Å². The number of aromatic nitrogens is 3. The molecule has 250 valence electrons. The summed E-state index contributed by atoms with van der Waals surface area (Å²) in [5.41, 5.74) is 7.13. The van der Waals surface area contributed by atoms with E-state index in [0.29, 0.717) is 41.2 Å². The normalized spacial score (nSPS) is 16.7. The quantitative estimate of drug-likeness (QED) is 0.194. The number of hydrogen-bond acceptors (Lipinski definition) is 9. The number of carbonyl (C=O) groups is 2. The van der Waals surface area contributed by atoms with Crippen molar-refractivity contribution in [1.82, 2.24) is 19.4 Å². The number of ether oxygens (including phenoxy) is 2. The predicted molar refractivity (Wildman–Crippen MR) is 178 cm³/mol. The first kappa shape index (κ1) is 33.1. The minimum Gasteiger partial charge on any atom is -0.473 e. The van der Waals surface area contributed by atoms with E-state index in [1.165, 1.54) is 19.1 Å². The lowest BCUT2D eigenvalue weighted by Crippen LogP contribution is -2.46. The van der Waals surface area contributed by atoms with Gasteiger partial charge in [-0.25, -0.2) is 9.37 Å². The highest BCUT2D eigenvalue weighted by Crippen LogP contribution is 2.27. The summed E-state index contributed by atoms with van der Waals surface area (Å²) in [6, 6.07) is 13.2. The summed E-state index contributed by atoms with van der Waals surface area (Å²) in [5, 5.41) is 10.3. The van der Waals surface area contributed by atoms with Crippen molar-refractivity contribution in [3.63, 3.8) is 0 Å². The van der Waals surface area contributed by atoms with Crippen LogP contribution in [0, 0.1) is 17.7 Å². The Balaban J connectivity index is 1.17. The predicted octanol–water partition coefficient (Wildman–Crippen LogP) is 3.68. The second kappa shape index (κ2) is 13.7. The van der Waals surface area contributed by atoms with Crippen molar-refractivity contribution in [2.24, 2.45) is 5.73 Å². The molecule has 2 aromatic heterocycles. The molecular weight excluding hydrogens is 615 g/mol. The van der Waals surface area contributed by atoms with Crippen LogP contribution in [0.3, 0.4) is 0 Å². The summed E-state index contributed by atoms with van der Waals surface area (Å²) in [6.07, 6.45) is 1.04. The number of benzene rings is 2. The van der Waals surface area contributed by atoms with Crippen molar-refractivity contribution in [3.8, 4) is 17.7 Å². The van der Waals surface area contributed by atoms with E-state index < -0.39 is 17.3 Å². The lowest BCUT2D eigenvalue weighted by atomic mass is 10.0. The highest BCUT2D eigenvalue weighted by molar-refractivity contribution is 5.99. The molecule has 2 aliphatic rings. The Kier molecular flexibility index (Phi) is 9.46. The van der Waals surface area contributed by atoms with Crippen LogP contribution in [-0.4, -0.2) is 80.7 Å². The van der Waals surface area contributed by atoms with Crippen molar-refractivity contribution < 1.29 is 28.6 Å². The van der Waals surface area contributed by atoms with Crippen molar-refractivity contribution in [3.05, 3.63) is 82.4 Å². The van der Waals surface area contributed by atoms with Gasteiger partial charge < -0.3 is 29.8 Å². The number of rotatable bonds is 10. The van der Waals surface area contributed by atoms with Crippen LogP contribution in [0.25, 0.3) is 11.0 Å². The number of anilines is 1. The average Bonchev–Trinajstić information content (AvgIpc) is 3.37. The molecule has 0 aliphatic carbocycles. The summed E-state index contributed by atoms with van der Waals surface area (Å²) in [4.78, 5) is 38.0. The molecule has 48 heavy (non-hydrogen) atoms. The minimum atomic E-state index is -1.19. The summed E-state index contributed by atoms with van der Waals surface area (Å²) in [7, 11) is 0. The Morgan fingerprint density at radius 1 is 1.10 bits per heavy atom. The van der Waals surface area contributed by atoms with Crippen LogP contribution in [0.2, 0.25) is 0 Å². The van der Waals surface area contributed by atoms with Gasteiger partial charge in [0.2, 0.25) is 11.8 Å². The number of carbonyl (C=O) groups excluding carboxylic acids is 2. The first-order chi connectivity index (χ1) is 22.9. The molecule has 0 unspecified atom stereocenters. The fraction of sp³-hybridized carbons (Fsp3) is 0.389. The first-order valence-electron chi connectivity index (χ1n) is 16.0. The van der Waals surface area contributed by atoms with Gasteiger partial charge in [-0.15, -0.1) is 0 Å². The molecule has 2 fully saturated rings. The fourth-order valence-electron chi connectivity index (χ4n) is 5.71. The largest absolute Gasteiger partial charge is 0.473 e. The minimum absolute atomic E-state index is 0.0407. The van der Waals surface area contributed by atoms with Gasteiger partial charge in [0.15, 0.2) is 5.78 Å². The number of aliphatic hydroxyl groups is 1. The molecule has 4 aromatic rings. The van der Waals surface area contributed by atoms with Gasteiger partial charge >= 0.3 is 0 Å². The van der Waals surface area contributed by atoms with Gasteiger partial charge in [-0.05, 0) is 57.5 Å². The van der Waals surface area contributed by atoms with E-state index in [9.17, 15) is 19.1 Å². The molecule has 2 aliphatic heterocycles. The highest BCUT2D eigenvalue weighted by atomic mass is 19.1. The van der Waals surface area contributed by atoms with Gasteiger partial charge in [0, 0.05) is 55.5 Å². The number of primary amides is 1. The second-order valence-corrected chi connectivity index (χ2v) is 12.7. The van der Waals surface area contributed by atoms with Gasteiger partial charge in [-0.1, -0.05) is 24.0 Å². The van der Waals surface area contributed by atoms with Crippen LogP contribution in [0.4, 0.5) is 10.2 Å². The molecule has 1 atom stereocenters. The van der Waals surface area contributed by atoms with Crippen LogP contribution in [0.1, 0.15) is 64.9 Å². The molecular formula is C36H39FN6O5. The monoisotopic (exact) mass is 654 g/mol. The molecule has 0 spiro atoms. The number of halogens is 1. The van der Waals surface area contributed by atoms with E-state index in [1.54, 1.807) is 26.0 Å². The van der Waals surface area contributed by atoms with E-state index in [2.05, 4.69) is 31.2 Å². The zero-order valence-corrected chi connectivity index (χ0v) is 27.3. The fourth-order valence-corrected chi connectivity index (χ4v) is 5.71. The summed E-state index contributed by atoms with van der Waals surface area (Å²) in [5.74, 6) is 6.62. The number of nitrogens with zero attached hydrogens (tertiary/aromatic N) is 5. The molecule has 6 rings (SSSR count). The van der Waals surface area contributed by atoms with Crippen LogP contribution in [0.15, 0.2) is 48.5 Å². The number of pyridine rings is 1. The molecule has 2 saturated heterocycles. The van der Waals surface area contributed by atoms with Crippen molar-refractivity contribution >= 4 is 28.5 Å². The molecule has 12 heteroatoms. The van der Waals surface area contributed by atoms with Gasteiger partial charge in [0.25, 0.3) is 0 Å². The smallest absolute Gasteiger partial charge is 0.248 e. The third-order valence-corrected chi connectivity index (χ3v) is 8.51. The number of hydrogen-bond donors (Lipinski definition) is 2. The van der Waals surface area contributed by atoms with Crippen molar-refractivity contribution in [2.75, 3.05) is 37.7 Å². The zero-order valence-electron chi connectivity index (χ0n) is 27.3. The maximum Gasteiger partial charge on any atom is 0.248 e. The second-order valence-electron chi connectivity index (χ2n) is 12.7. The summed E-state index contributed by atoms with van der Waals surface area (Å²) in [6.45, 7) is 9.67. The van der Waals surface area contributed by atoms with Crippen LogP contribution in [-0.2, 0) is 24.4 Å².